The number of hydrogen-bond acceptors (Lipinski definition) is 3. The van der Waals surface area contributed by atoms with E-state index in [-0.39, 0.29) is 23.4 Å². The van der Waals surface area contributed by atoms with E-state index < -0.39 is 0 Å². The largest absolute Gasteiger partial charge is 0.332 e. The van der Waals surface area contributed by atoms with Gasteiger partial charge in [0.25, 0.3) is 5.56 Å². The zero-order valence-electron chi connectivity index (χ0n) is 19.6. The first-order chi connectivity index (χ1) is 14.3. The van der Waals surface area contributed by atoms with Crippen molar-refractivity contribution < 1.29 is 4.79 Å². The molecular formula is C25H39N3O2. The summed E-state index contributed by atoms with van der Waals surface area (Å²) in [6.07, 6.45) is 5.59. The van der Waals surface area contributed by atoms with Crippen LogP contribution >= 0.6 is 0 Å². The number of carbonyl (C=O) groups is 1. The molecule has 5 nitrogen and oxygen atoms in total. The second kappa shape index (κ2) is 11.3. The Hall–Kier alpha value is -2.17. The predicted octanol–water partition coefficient (Wildman–Crippen LogP) is 5.48. The first-order valence-electron chi connectivity index (χ1n) is 11.6. The molecule has 5 heteroatoms. The van der Waals surface area contributed by atoms with Gasteiger partial charge in [0.05, 0.1) is 16.9 Å². The molecule has 1 aromatic carbocycles. The maximum absolute atomic E-state index is 13.6. The second-order valence-electron chi connectivity index (χ2n) is 8.74. The summed E-state index contributed by atoms with van der Waals surface area (Å²) in [7, 11) is 1.78. The van der Waals surface area contributed by atoms with Crippen LogP contribution in [0.4, 0.5) is 0 Å². The van der Waals surface area contributed by atoms with Gasteiger partial charge in [0, 0.05) is 19.5 Å². The van der Waals surface area contributed by atoms with Crippen LogP contribution in [0, 0.1) is 11.8 Å². The number of unbranched alkanes of at least 4 members (excludes halogenated alkanes) is 1. The summed E-state index contributed by atoms with van der Waals surface area (Å²) in [5.74, 6) is 1.43. The van der Waals surface area contributed by atoms with E-state index >= 15 is 0 Å². The highest BCUT2D eigenvalue weighted by Crippen LogP contribution is 2.28. The number of rotatable bonds is 11. The Bertz CT molecular complexity index is 888. The summed E-state index contributed by atoms with van der Waals surface area (Å²) in [6.45, 7) is 11.4. The van der Waals surface area contributed by atoms with Gasteiger partial charge < -0.3 is 4.90 Å². The van der Waals surface area contributed by atoms with Crippen LogP contribution in [0.3, 0.4) is 0 Å². The number of para-hydroxylation sites is 1. The third-order valence-electron chi connectivity index (χ3n) is 6.06. The Morgan fingerprint density at radius 2 is 1.80 bits per heavy atom. The number of benzene rings is 1. The Kier molecular flexibility index (Phi) is 9.07. The van der Waals surface area contributed by atoms with Crippen LogP contribution in [0.15, 0.2) is 29.1 Å². The van der Waals surface area contributed by atoms with E-state index in [2.05, 4.69) is 34.6 Å². The highest BCUT2D eigenvalue weighted by atomic mass is 16.2. The van der Waals surface area contributed by atoms with Crippen molar-refractivity contribution in [2.75, 3.05) is 6.54 Å². The number of nitrogens with zero attached hydrogens (tertiary/aromatic N) is 3. The van der Waals surface area contributed by atoms with Gasteiger partial charge in [-0.15, -0.1) is 0 Å². The van der Waals surface area contributed by atoms with Gasteiger partial charge in [0.2, 0.25) is 5.91 Å². The second-order valence-corrected chi connectivity index (χ2v) is 8.74. The first kappa shape index (κ1) is 24.1. The molecule has 0 aliphatic rings. The fourth-order valence-corrected chi connectivity index (χ4v) is 4.08. The van der Waals surface area contributed by atoms with E-state index in [0.717, 1.165) is 38.5 Å². The normalized spacial score (nSPS) is 13.6. The van der Waals surface area contributed by atoms with Gasteiger partial charge in [-0.1, -0.05) is 59.6 Å². The Labute approximate surface area is 181 Å². The van der Waals surface area contributed by atoms with Gasteiger partial charge in [-0.25, -0.2) is 4.98 Å². The van der Waals surface area contributed by atoms with Crippen LogP contribution < -0.4 is 5.56 Å². The minimum absolute atomic E-state index is 0.0312. The maximum atomic E-state index is 13.6. The van der Waals surface area contributed by atoms with Crippen LogP contribution in [0.5, 0.6) is 0 Å². The molecule has 2 atom stereocenters. The summed E-state index contributed by atoms with van der Waals surface area (Å²) < 4.78 is 1.64. The highest BCUT2D eigenvalue weighted by Gasteiger charge is 2.31. The van der Waals surface area contributed by atoms with Gasteiger partial charge in [0.15, 0.2) is 0 Å². The molecule has 0 radical (unpaired) electrons. The number of aromatic nitrogens is 2. The minimum atomic E-state index is -0.200. The van der Waals surface area contributed by atoms with E-state index in [4.69, 9.17) is 4.98 Å². The van der Waals surface area contributed by atoms with Crippen molar-refractivity contribution in [2.24, 2.45) is 18.9 Å². The first-order valence-corrected chi connectivity index (χ1v) is 11.6. The molecule has 0 saturated carbocycles. The molecule has 0 unspecified atom stereocenters. The minimum Gasteiger partial charge on any atom is -0.332 e. The molecule has 0 saturated heterocycles. The van der Waals surface area contributed by atoms with Crippen molar-refractivity contribution in [1.29, 1.82) is 0 Å². The van der Waals surface area contributed by atoms with E-state index in [1.807, 2.05) is 29.2 Å². The molecule has 1 aromatic heterocycles. The van der Waals surface area contributed by atoms with E-state index in [1.165, 1.54) is 0 Å². The summed E-state index contributed by atoms with van der Waals surface area (Å²) in [4.78, 5) is 33.5. The van der Waals surface area contributed by atoms with Crippen LogP contribution in [-0.2, 0) is 11.8 Å². The van der Waals surface area contributed by atoms with Gasteiger partial charge in [-0.2, -0.15) is 0 Å². The number of carbonyl (C=O) groups excluding carboxylic acids is 1. The number of fused-ring (bicyclic) bond motifs is 1. The quantitative estimate of drug-likeness (QED) is 0.490. The Morgan fingerprint density at radius 1 is 1.10 bits per heavy atom. The summed E-state index contributed by atoms with van der Waals surface area (Å²) in [5, 5.41) is 0.619. The molecule has 2 rings (SSSR count). The van der Waals surface area contributed by atoms with Crippen molar-refractivity contribution in [3.63, 3.8) is 0 Å². The molecule has 1 heterocycles. The highest BCUT2D eigenvalue weighted by molar-refractivity contribution is 5.80. The van der Waals surface area contributed by atoms with Crippen molar-refractivity contribution in [2.45, 2.75) is 79.2 Å². The zero-order chi connectivity index (χ0) is 22.3. The molecule has 166 valence electrons. The van der Waals surface area contributed by atoms with E-state index in [1.54, 1.807) is 11.6 Å². The fourth-order valence-electron chi connectivity index (χ4n) is 4.08. The van der Waals surface area contributed by atoms with Crippen molar-refractivity contribution in [1.82, 2.24) is 14.5 Å². The molecule has 0 N–H and O–H groups in total. The average molecular weight is 414 g/mol. The van der Waals surface area contributed by atoms with Crippen LogP contribution in [0.2, 0.25) is 0 Å². The lowest BCUT2D eigenvalue weighted by atomic mass is 9.95. The molecule has 30 heavy (non-hydrogen) atoms. The molecule has 0 bridgehead atoms. The molecule has 0 fully saturated rings. The Balaban J connectivity index is 2.51. The molecular weight excluding hydrogens is 374 g/mol. The average Bonchev–Trinajstić information content (AvgIpc) is 2.74. The van der Waals surface area contributed by atoms with Crippen molar-refractivity contribution in [3.05, 3.63) is 40.4 Å². The van der Waals surface area contributed by atoms with Crippen LogP contribution in [-0.4, -0.2) is 26.9 Å². The third-order valence-corrected chi connectivity index (χ3v) is 6.06. The van der Waals surface area contributed by atoms with Gasteiger partial charge in [-0.3, -0.25) is 14.2 Å². The van der Waals surface area contributed by atoms with Crippen LogP contribution in [0.25, 0.3) is 10.9 Å². The maximum Gasteiger partial charge on any atom is 0.261 e. The predicted molar refractivity (Wildman–Crippen MR) is 124 cm³/mol. The molecule has 0 aliphatic heterocycles. The zero-order valence-corrected chi connectivity index (χ0v) is 19.6. The smallest absolute Gasteiger partial charge is 0.261 e. The topological polar surface area (TPSA) is 55.2 Å². The molecule has 2 aromatic rings. The van der Waals surface area contributed by atoms with E-state index in [9.17, 15) is 9.59 Å². The van der Waals surface area contributed by atoms with Gasteiger partial charge in [0.1, 0.15) is 5.82 Å². The third kappa shape index (κ3) is 5.50. The number of amides is 1. The molecule has 0 aliphatic carbocycles. The number of hydrogen-bond donors (Lipinski definition) is 0. The molecule has 0 spiro atoms. The van der Waals surface area contributed by atoms with E-state index in [0.29, 0.717) is 29.2 Å². The lowest BCUT2D eigenvalue weighted by Crippen LogP contribution is -2.42. The van der Waals surface area contributed by atoms with Gasteiger partial charge >= 0.3 is 0 Å². The van der Waals surface area contributed by atoms with Crippen LogP contribution in [0.1, 0.15) is 85.0 Å². The summed E-state index contributed by atoms with van der Waals surface area (Å²) in [5.41, 5.74) is 0.645. The Morgan fingerprint density at radius 3 is 2.40 bits per heavy atom. The fraction of sp³-hybridized carbons (Fsp3) is 0.640. The standard InChI is InChI=1S/C25H39N3O2/c1-7-10-13-19(8-2)24(29)28(17-16-18(4)5)22(9-3)23-26-21-15-12-11-14-20(21)25(30)27(23)6/h11-12,14-15,18-19,22H,7-10,13,16-17H2,1-6H3/t19-,22-/m0/s1. The van der Waals surface area contributed by atoms with Crippen molar-refractivity contribution >= 4 is 16.8 Å². The monoisotopic (exact) mass is 413 g/mol. The summed E-state index contributed by atoms with van der Waals surface area (Å²) >= 11 is 0. The van der Waals surface area contributed by atoms with Gasteiger partial charge in [-0.05, 0) is 43.7 Å². The summed E-state index contributed by atoms with van der Waals surface area (Å²) in [6, 6.07) is 7.26. The lowest BCUT2D eigenvalue weighted by molar-refractivity contribution is -0.139. The van der Waals surface area contributed by atoms with Crippen molar-refractivity contribution in [3.8, 4) is 0 Å². The SMILES string of the molecule is CCCC[C@H](CC)C(=O)N(CCC(C)C)[C@@H](CC)c1nc2ccccc2c(=O)n1C. The molecule has 1 amide bonds. The lowest BCUT2D eigenvalue weighted by Gasteiger charge is -2.35.